The van der Waals surface area contributed by atoms with Gasteiger partial charge in [-0.15, -0.1) is 0 Å². The Balaban J connectivity index is 1.59. The van der Waals surface area contributed by atoms with E-state index in [4.69, 9.17) is 0 Å². The summed E-state index contributed by atoms with van der Waals surface area (Å²) in [5.41, 5.74) is 1.38. The lowest BCUT2D eigenvalue weighted by atomic mass is 10.0. The van der Waals surface area contributed by atoms with Crippen molar-refractivity contribution < 1.29 is 23.5 Å². The number of piperazine rings is 1. The van der Waals surface area contributed by atoms with Crippen LogP contribution in [0.2, 0.25) is 0 Å². The van der Waals surface area contributed by atoms with Gasteiger partial charge in [-0.1, -0.05) is 25.5 Å². The Kier molecular flexibility index (Phi) is 11.7. The number of hydrogen-bond acceptors (Lipinski definition) is 5. The Labute approximate surface area is 230 Å². The molecule has 2 amide bonds. The summed E-state index contributed by atoms with van der Waals surface area (Å²) in [7, 11) is 0. The summed E-state index contributed by atoms with van der Waals surface area (Å²) in [6, 6.07) is 10.3. The minimum atomic E-state index is -1.01. The maximum absolute atomic E-state index is 13.8. The van der Waals surface area contributed by atoms with Crippen LogP contribution in [0.5, 0.6) is 0 Å². The van der Waals surface area contributed by atoms with Crippen molar-refractivity contribution in [2.24, 2.45) is 0 Å². The van der Waals surface area contributed by atoms with Gasteiger partial charge in [0.2, 0.25) is 11.8 Å². The van der Waals surface area contributed by atoms with Crippen molar-refractivity contribution in [2.45, 2.75) is 44.9 Å². The topological polar surface area (TPSA) is 84.9 Å². The van der Waals surface area contributed by atoms with Gasteiger partial charge >= 0.3 is 0 Å². The first-order chi connectivity index (χ1) is 17.7. The summed E-state index contributed by atoms with van der Waals surface area (Å²) < 4.78 is 28.6. The zero-order valence-electron chi connectivity index (χ0n) is 21.1. The third-order valence-corrected chi connectivity index (χ3v) is 6.98. The molecule has 10 heteroatoms. The van der Waals surface area contributed by atoms with E-state index in [0.717, 1.165) is 34.6 Å². The predicted octanol–water partition coefficient (Wildman–Crippen LogP) is 2.69. The molecule has 2 aromatic rings. The van der Waals surface area contributed by atoms with Gasteiger partial charge in [0.05, 0.1) is 25.2 Å². The lowest BCUT2D eigenvalue weighted by Gasteiger charge is -2.34. The van der Waals surface area contributed by atoms with Gasteiger partial charge in [0.15, 0.2) is 0 Å². The molecule has 2 atom stereocenters. The number of carbonyl (C=O) groups excluding carboxylic acids is 2. The van der Waals surface area contributed by atoms with Gasteiger partial charge in [-0.05, 0) is 70.8 Å². The van der Waals surface area contributed by atoms with Crippen LogP contribution in [0.15, 0.2) is 42.5 Å². The highest BCUT2D eigenvalue weighted by Crippen LogP contribution is 2.13. The molecule has 1 aliphatic heterocycles. The molecule has 3 N–H and O–H groups in total. The van der Waals surface area contributed by atoms with Crippen molar-refractivity contribution in [1.29, 1.82) is 0 Å². The highest BCUT2D eigenvalue weighted by Gasteiger charge is 2.27. The third-order valence-electron chi connectivity index (χ3n) is 6.31. The highest BCUT2D eigenvalue weighted by atomic mass is 127. The molecule has 1 saturated heterocycles. The van der Waals surface area contributed by atoms with Crippen LogP contribution in [-0.2, 0) is 22.6 Å². The fourth-order valence-corrected chi connectivity index (χ4v) is 4.96. The molecule has 0 spiro atoms. The monoisotopic (exact) mass is 628 g/mol. The molecule has 0 radical (unpaired) electrons. The predicted molar refractivity (Wildman–Crippen MR) is 147 cm³/mol. The number of unbranched alkanes of at least 4 members (excludes halogenated alkanes) is 1. The van der Waals surface area contributed by atoms with E-state index in [1.165, 1.54) is 12.1 Å². The maximum atomic E-state index is 13.8. The van der Waals surface area contributed by atoms with Crippen LogP contribution in [0.25, 0.3) is 0 Å². The fraction of sp³-hybridized carbons (Fsp3) is 0.481. The normalized spacial score (nSPS) is 16.0. The second kappa shape index (κ2) is 14.7. The highest BCUT2D eigenvalue weighted by molar-refractivity contribution is 14.1. The molecule has 0 saturated carbocycles. The van der Waals surface area contributed by atoms with E-state index in [0.29, 0.717) is 25.2 Å². The molecule has 1 heterocycles. The van der Waals surface area contributed by atoms with Crippen LogP contribution >= 0.6 is 22.6 Å². The molecular weight excluding hydrogens is 593 g/mol. The first-order valence-corrected chi connectivity index (χ1v) is 13.7. The molecule has 37 heavy (non-hydrogen) atoms. The average Bonchev–Trinajstić information content (AvgIpc) is 2.82. The summed E-state index contributed by atoms with van der Waals surface area (Å²) in [5.74, 6) is -1.79. The van der Waals surface area contributed by atoms with Crippen molar-refractivity contribution in [3.63, 3.8) is 0 Å². The molecule has 0 unspecified atom stereocenters. The van der Waals surface area contributed by atoms with Crippen LogP contribution in [-0.4, -0.2) is 78.1 Å². The first kappa shape index (κ1) is 29.4. The Morgan fingerprint density at radius 1 is 1.14 bits per heavy atom. The van der Waals surface area contributed by atoms with Crippen LogP contribution in [0.1, 0.15) is 30.9 Å². The maximum Gasteiger partial charge on any atom is 0.236 e. The third kappa shape index (κ3) is 9.91. The zero-order chi connectivity index (χ0) is 26.8. The van der Waals surface area contributed by atoms with Gasteiger partial charge in [-0.2, -0.15) is 0 Å². The Hall–Kier alpha value is -2.15. The van der Waals surface area contributed by atoms with Crippen molar-refractivity contribution in [1.82, 2.24) is 20.4 Å². The zero-order valence-corrected chi connectivity index (χ0v) is 23.2. The smallest absolute Gasteiger partial charge is 0.236 e. The second-order valence-corrected chi connectivity index (χ2v) is 10.7. The van der Waals surface area contributed by atoms with Crippen LogP contribution in [0.4, 0.5) is 8.78 Å². The van der Waals surface area contributed by atoms with Crippen molar-refractivity contribution in [2.75, 3.05) is 39.3 Å². The Morgan fingerprint density at radius 3 is 2.57 bits per heavy atom. The largest absolute Gasteiger partial charge is 0.390 e. The number of aliphatic hydroxyl groups is 1. The lowest BCUT2D eigenvalue weighted by molar-refractivity contribution is -0.137. The number of benzene rings is 2. The lowest BCUT2D eigenvalue weighted by Crippen LogP contribution is -2.55. The van der Waals surface area contributed by atoms with Gasteiger partial charge in [0.1, 0.15) is 11.6 Å². The summed E-state index contributed by atoms with van der Waals surface area (Å²) in [6.07, 6.45) is 1.000. The van der Waals surface area contributed by atoms with Crippen LogP contribution in [0.3, 0.4) is 0 Å². The second-order valence-electron chi connectivity index (χ2n) is 9.43. The number of nitrogens with zero attached hydrogens (tertiary/aromatic N) is 2. The van der Waals surface area contributed by atoms with E-state index in [1.54, 1.807) is 4.90 Å². The van der Waals surface area contributed by atoms with Crippen molar-refractivity contribution in [3.8, 4) is 0 Å². The van der Waals surface area contributed by atoms with Crippen LogP contribution < -0.4 is 10.6 Å². The quantitative estimate of drug-likeness (QED) is 0.298. The van der Waals surface area contributed by atoms with Crippen molar-refractivity contribution in [3.05, 3.63) is 68.8 Å². The fourth-order valence-electron chi connectivity index (χ4n) is 4.35. The van der Waals surface area contributed by atoms with Crippen molar-refractivity contribution >= 4 is 34.4 Å². The SMILES string of the molecule is CCCCN1CCN(CC(=O)N[C@@H](Cc2cc(F)cc(F)c2)[C@H](O)CNCc2cccc(I)c2)CC1=O. The minimum absolute atomic E-state index is 0.000839. The van der Waals surface area contributed by atoms with Gasteiger partial charge in [-0.3, -0.25) is 14.5 Å². The number of hydrogen-bond donors (Lipinski definition) is 3. The summed E-state index contributed by atoms with van der Waals surface area (Å²) >= 11 is 2.23. The number of rotatable bonds is 13. The molecule has 3 rings (SSSR count). The number of nitrogens with one attached hydrogen (secondary N) is 2. The number of aliphatic hydroxyl groups excluding tert-OH is 1. The molecule has 1 fully saturated rings. The van der Waals surface area contributed by atoms with E-state index >= 15 is 0 Å². The molecular formula is C27H35F2IN4O3. The molecule has 2 aromatic carbocycles. The number of amides is 2. The standard InChI is InChI=1S/C27H35F2IN4O3/c1-2-3-7-34-9-8-33(18-27(34)37)17-26(36)32-24(13-20-10-21(28)14-22(29)11-20)25(35)16-31-15-19-5-4-6-23(30)12-19/h4-6,10-12,14,24-25,31,35H,2-3,7-9,13,15-18H2,1H3,(H,32,36)/t24-,25+/m0/s1. The molecule has 0 aromatic heterocycles. The van der Waals surface area contributed by atoms with Crippen LogP contribution in [0, 0.1) is 15.2 Å². The van der Waals surface area contributed by atoms with Gasteiger partial charge in [0.25, 0.3) is 0 Å². The summed E-state index contributed by atoms with van der Waals surface area (Å²) in [5, 5.41) is 16.9. The van der Waals surface area contributed by atoms with E-state index < -0.39 is 23.8 Å². The molecule has 1 aliphatic rings. The summed E-state index contributed by atoms with van der Waals surface area (Å²) in [6.45, 7) is 4.82. The van der Waals surface area contributed by atoms with Gasteiger partial charge in [-0.25, -0.2) is 8.78 Å². The Morgan fingerprint density at radius 2 is 1.89 bits per heavy atom. The van der Waals surface area contributed by atoms with E-state index in [9.17, 15) is 23.5 Å². The van der Waals surface area contributed by atoms with E-state index in [-0.39, 0.29) is 37.9 Å². The number of halogens is 3. The van der Waals surface area contributed by atoms with E-state index in [2.05, 4.69) is 40.1 Å². The molecule has 202 valence electrons. The summed E-state index contributed by atoms with van der Waals surface area (Å²) in [4.78, 5) is 28.9. The molecule has 0 aliphatic carbocycles. The molecule has 0 bridgehead atoms. The molecule has 7 nitrogen and oxygen atoms in total. The average molecular weight is 629 g/mol. The van der Waals surface area contributed by atoms with E-state index in [1.807, 2.05) is 29.2 Å². The Bertz CT molecular complexity index is 1040. The van der Waals surface area contributed by atoms with Gasteiger partial charge < -0.3 is 20.6 Å². The minimum Gasteiger partial charge on any atom is -0.390 e. The van der Waals surface area contributed by atoms with Gasteiger partial charge in [0, 0.05) is 42.4 Å². The first-order valence-electron chi connectivity index (χ1n) is 12.6. The number of carbonyl (C=O) groups is 2.